The SMILES string of the molecule is O=C(c1ccco1)N1CCC(Cl)C1. The molecule has 0 spiro atoms. The van der Waals surface area contributed by atoms with Gasteiger partial charge in [-0.3, -0.25) is 4.79 Å². The second-order valence-corrected chi connectivity index (χ2v) is 3.73. The fourth-order valence-corrected chi connectivity index (χ4v) is 1.72. The molecule has 0 N–H and O–H groups in total. The maximum Gasteiger partial charge on any atom is 0.289 e. The molecule has 2 rings (SSSR count). The van der Waals surface area contributed by atoms with E-state index in [1.807, 2.05) is 0 Å². The Morgan fingerprint density at radius 1 is 1.69 bits per heavy atom. The zero-order chi connectivity index (χ0) is 9.26. The van der Waals surface area contributed by atoms with E-state index in [4.69, 9.17) is 16.0 Å². The molecule has 1 aromatic rings. The molecule has 1 saturated heterocycles. The van der Waals surface area contributed by atoms with Gasteiger partial charge in [-0.1, -0.05) is 0 Å². The molecule has 1 aromatic heterocycles. The highest BCUT2D eigenvalue weighted by atomic mass is 35.5. The van der Waals surface area contributed by atoms with Gasteiger partial charge in [0, 0.05) is 13.1 Å². The monoisotopic (exact) mass is 199 g/mol. The molecule has 1 aliphatic rings. The molecule has 1 atom stereocenters. The fourth-order valence-electron chi connectivity index (χ4n) is 1.46. The smallest absolute Gasteiger partial charge is 0.289 e. The molecule has 0 saturated carbocycles. The molecule has 2 heterocycles. The summed E-state index contributed by atoms with van der Waals surface area (Å²) in [6.07, 6.45) is 2.37. The third kappa shape index (κ3) is 1.70. The van der Waals surface area contributed by atoms with Crippen LogP contribution in [0.5, 0.6) is 0 Å². The van der Waals surface area contributed by atoms with E-state index < -0.39 is 0 Å². The van der Waals surface area contributed by atoms with E-state index in [9.17, 15) is 4.79 Å². The number of hydrogen-bond acceptors (Lipinski definition) is 2. The number of rotatable bonds is 1. The highest BCUT2D eigenvalue weighted by Gasteiger charge is 2.26. The standard InChI is InChI=1S/C9H10ClNO2/c10-7-3-4-11(6-7)9(12)8-2-1-5-13-8/h1-2,5,7H,3-4,6H2. The van der Waals surface area contributed by atoms with Gasteiger partial charge in [-0.2, -0.15) is 0 Å². The Bertz CT molecular complexity index is 297. The molecule has 0 aliphatic carbocycles. The number of hydrogen-bond donors (Lipinski definition) is 0. The normalized spacial score (nSPS) is 22.2. The summed E-state index contributed by atoms with van der Waals surface area (Å²) >= 11 is 5.89. The predicted molar refractivity (Wildman–Crippen MR) is 48.9 cm³/mol. The first kappa shape index (κ1) is 8.63. The number of likely N-dealkylation sites (tertiary alicyclic amines) is 1. The van der Waals surface area contributed by atoms with E-state index in [1.165, 1.54) is 6.26 Å². The third-order valence-electron chi connectivity index (χ3n) is 2.15. The molecule has 1 amide bonds. The van der Waals surface area contributed by atoms with Crippen LogP contribution in [0, 0.1) is 0 Å². The summed E-state index contributed by atoms with van der Waals surface area (Å²) in [4.78, 5) is 13.3. The molecule has 1 fully saturated rings. The molecule has 13 heavy (non-hydrogen) atoms. The highest BCUT2D eigenvalue weighted by molar-refractivity contribution is 6.21. The Morgan fingerprint density at radius 3 is 3.08 bits per heavy atom. The number of carbonyl (C=O) groups excluding carboxylic acids is 1. The van der Waals surface area contributed by atoms with Gasteiger partial charge in [0.2, 0.25) is 0 Å². The van der Waals surface area contributed by atoms with Gasteiger partial charge in [-0.15, -0.1) is 11.6 Å². The van der Waals surface area contributed by atoms with Crippen molar-refractivity contribution >= 4 is 17.5 Å². The first-order valence-corrected chi connectivity index (χ1v) is 4.68. The quantitative estimate of drug-likeness (QED) is 0.646. The first-order chi connectivity index (χ1) is 6.27. The van der Waals surface area contributed by atoms with Crippen molar-refractivity contribution in [3.8, 4) is 0 Å². The van der Waals surface area contributed by atoms with Gasteiger partial charge in [-0.25, -0.2) is 0 Å². The fraction of sp³-hybridized carbons (Fsp3) is 0.444. The lowest BCUT2D eigenvalue weighted by Gasteiger charge is -2.12. The van der Waals surface area contributed by atoms with Crippen molar-refractivity contribution in [2.45, 2.75) is 11.8 Å². The Kier molecular flexibility index (Phi) is 2.27. The Hall–Kier alpha value is -0.960. The second-order valence-electron chi connectivity index (χ2n) is 3.11. The molecule has 3 nitrogen and oxygen atoms in total. The largest absolute Gasteiger partial charge is 0.459 e. The van der Waals surface area contributed by atoms with Crippen LogP contribution in [0.1, 0.15) is 17.0 Å². The van der Waals surface area contributed by atoms with Crippen LogP contribution in [0.15, 0.2) is 22.8 Å². The molecule has 0 radical (unpaired) electrons. The topological polar surface area (TPSA) is 33.5 Å². The van der Waals surface area contributed by atoms with E-state index in [2.05, 4.69) is 0 Å². The zero-order valence-electron chi connectivity index (χ0n) is 7.07. The van der Waals surface area contributed by atoms with E-state index in [0.717, 1.165) is 13.0 Å². The van der Waals surface area contributed by atoms with Crippen LogP contribution in [0.4, 0.5) is 0 Å². The summed E-state index contributed by atoms with van der Waals surface area (Å²) in [5, 5.41) is 0.0962. The van der Waals surface area contributed by atoms with Crippen molar-refractivity contribution in [3.63, 3.8) is 0 Å². The summed E-state index contributed by atoms with van der Waals surface area (Å²) in [6, 6.07) is 3.38. The highest BCUT2D eigenvalue weighted by Crippen LogP contribution is 2.17. The van der Waals surface area contributed by atoms with Crippen LogP contribution < -0.4 is 0 Å². The summed E-state index contributed by atoms with van der Waals surface area (Å²) in [5.74, 6) is 0.332. The zero-order valence-corrected chi connectivity index (χ0v) is 7.83. The van der Waals surface area contributed by atoms with Gasteiger partial charge < -0.3 is 9.32 Å². The van der Waals surface area contributed by atoms with Crippen molar-refractivity contribution in [1.82, 2.24) is 4.90 Å². The van der Waals surface area contributed by atoms with E-state index in [1.54, 1.807) is 17.0 Å². The molecule has 0 aromatic carbocycles. The van der Waals surface area contributed by atoms with Crippen molar-refractivity contribution in [1.29, 1.82) is 0 Å². The van der Waals surface area contributed by atoms with E-state index in [0.29, 0.717) is 12.3 Å². The molecule has 1 unspecified atom stereocenters. The van der Waals surface area contributed by atoms with Crippen molar-refractivity contribution < 1.29 is 9.21 Å². The number of nitrogens with zero attached hydrogens (tertiary/aromatic N) is 1. The van der Waals surface area contributed by atoms with Gasteiger partial charge >= 0.3 is 0 Å². The minimum atomic E-state index is -0.0619. The Morgan fingerprint density at radius 2 is 2.54 bits per heavy atom. The van der Waals surface area contributed by atoms with Crippen LogP contribution in [-0.2, 0) is 0 Å². The first-order valence-electron chi connectivity index (χ1n) is 4.24. The lowest BCUT2D eigenvalue weighted by Crippen LogP contribution is -2.28. The third-order valence-corrected chi connectivity index (χ3v) is 2.51. The van der Waals surface area contributed by atoms with Crippen LogP contribution in [-0.4, -0.2) is 29.3 Å². The van der Waals surface area contributed by atoms with Gasteiger partial charge in [0.15, 0.2) is 5.76 Å². The lowest BCUT2D eigenvalue weighted by molar-refractivity contribution is 0.0761. The predicted octanol–water partition coefficient (Wildman–Crippen LogP) is 1.73. The van der Waals surface area contributed by atoms with Crippen molar-refractivity contribution in [2.75, 3.05) is 13.1 Å². The summed E-state index contributed by atoms with van der Waals surface area (Å²) in [6.45, 7) is 1.36. The minimum Gasteiger partial charge on any atom is -0.459 e. The Labute approximate surface area is 81.3 Å². The van der Waals surface area contributed by atoms with Crippen LogP contribution in [0.25, 0.3) is 0 Å². The number of furan rings is 1. The van der Waals surface area contributed by atoms with E-state index >= 15 is 0 Å². The van der Waals surface area contributed by atoms with Crippen LogP contribution in [0.3, 0.4) is 0 Å². The molecule has 0 bridgehead atoms. The number of halogens is 1. The van der Waals surface area contributed by atoms with Crippen LogP contribution in [0.2, 0.25) is 0 Å². The van der Waals surface area contributed by atoms with Gasteiger partial charge in [0.05, 0.1) is 11.6 Å². The molecule has 70 valence electrons. The number of amides is 1. The lowest BCUT2D eigenvalue weighted by atomic mass is 10.4. The summed E-state index contributed by atoms with van der Waals surface area (Å²) < 4.78 is 5.01. The molecule has 4 heteroatoms. The molecular formula is C9H10ClNO2. The summed E-state index contributed by atoms with van der Waals surface area (Å²) in [7, 11) is 0. The number of carbonyl (C=O) groups is 1. The maximum atomic E-state index is 11.6. The molecule has 1 aliphatic heterocycles. The molecular weight excluding hydrogens is 190 g/mol. The van der Waals surface area contributed by atoms with Crippen molar-refractivity contribution in [2.24, 2.45) is 0 Å². The van der Waals surface area contributed by atoms with Crippen LogP contribution >= 0.6 is 11.6 Å². The average Bonchev–Trinajstić information content (AvgIpc) is 2.72. The Balaban J connectivity index is 2.06. The van der Waals surface area contributed by atoms with Crippen molar-refractivity contribution in [3.05, 3.63) is 24.2 Å². The van der Waals surface area contributed by atoms with E-state index in [-0.39, 0.29) is 11.3 Å². The maximum absolute atomic E-state index is 11.6. The van der Waals surface area contributed by atoms with Gasteiger partial charge in [-0.05, 0) is 18.6 Å². The minimum absolute atomic E-state index is 0.0619. The van der Waals surface area contributed by atoms with Gasteiger partial charge in [0.25, 0.3) is 5.91 Å². The van der Waals surface area contributed by atoms with Gasteiger partial charge in [0.1, 0.15) is 0 Å². The number of alkyl halides is 1. The second kappa shape index (κ2) is 3.42. The summed E-state index contributed by atoms with van der Waals surface area (Å²) in [5.41, 5.74) is 0. The average molecular weight is 200 g/mol.